The molecule has 0 radical (unpaired) electrons. The molecule has 2 aromatic carbocycles. The summed E-state index contributed by atoms with van der Waals surface area (Å²) in [5, 5.41) is 18.0. The summed E-state index contributed by atoms with van der Waals surface area (Å²) in [6.45, 7) is 6.94. The Labute approximate surface area is 159 Å². The Bertz CT molecular complexity index is 759. The van der Waals surface area contributed by atoms with Gasteiger partial charge in [-0.3, -0.25) is 10.1 Å². The molecule has 2 N–H and O–H groups in total. The molecule has 0 aromatic heterocycles. The third-order valence-electron chi connectivity index (χ3n) is 4.53. The monoisotopic (exact) mass is 370 g/mol. The molecule has 0 bridgehead atoms. The van der Waals surface area contributed by atoms with E-state index < -0.39 is 0 Å². The second-order valence-corrected chi connectivity index (χ2v) is 6.92. The van der Waals surface area contributed by atoms with Crippen LogP contribution >= 0.6 is 0 Å². The topological polar surface area (TPSA) is 79.7 Å². The average Bonchev–Trinajstić information content (AvgIpc) is 2.65. The van der Waals surface area contributed by atoms with Crippen molar-refractivity contribution in [3.63, 3.8) is 0 Å². The quantitative estimate of drug-likeness (QED) is 0.442. The first kappa shape index (κ1) is 19.0. The van der Waals surface area contributed by atoms with Crippen molar-refractivity contribution in [2.45, 2.75) is 25.9 Å². The molecule has 7 heteroatoms. The van der Waals surface area contributed by atoms with E-state index in [2.05, 4.69) is 29.4 Å². The minimum absolute atomic E-state index is 0.0784. The molecule has 7 nitrogen and oxygen atoms in total. The maximum absolute atomic E-state index is 11.4. The van der Waals surface area contributed by atoms with Crippen LogP contribution in [0.2, 0.25) is 0 Å². The summed E-state index contributed by atoms with van der Waals surface area (Å²) in [6.07, 6.45) is 0. The van der Waals surface area contributed by atoms with Crippen LogP contribution in [0.1, 0.15) is 13.8 Å². The molecule has 1 saturated heterocycles. The lowest BCUT2D eigenvalue weighted by Gasteiger charge is -2.37. The van der Waals surface area contributed by atoms with Crippen LogP contribution in [0, 0.1) is 10.1 Å². The van der Waals surface area contributed by atoms with E-state index in [-0.39, 0.29) is 10.6 Å². The summed E-state index contributed by atoms with van der Waals surface area (Å²) in [5.74, 6) is 0.784. The molecule has 1 aliphatic heterocycles. The number of ether oxygens (including phenoxy) is 1. The first-order valence-corrected chi connectivity index (χ1v) is 9.24. The van der Waals surface area contributed by atoms with Crippen molar-refractivity contribution in [2.75, 3.05) is 36.5 Å². The number of nitro benzene ring substituents is 1. The van der Waals surface area contributed by atoms with Gasteiger partial charge in [-0.25, -0.2) is 0 Å². The molecule has 1 heterocycles. The van der Waals surface area contributed by atoms with Crippen LogP contribution in [0.5, 0.6) is 5.75 Å². The highest BCUT2D eigenvalue weighted by Gasteiger charge is 2.23. The van der Waals surface area contributed by atoms with Crippen LogP contribution in [-0.2, 0) is 0 Å². The maximum atomic E-state index is 11.4. The number of nitro groups is 1. The van der Waals surface area contributed by atoms with Gasteiger partial charge in [-0.05, 0) is 38.1 Å². The van der Waals surface area contributed by atoms with Crippen molar-refractivity contribution >= 4 is 17.1 Å². The van der Waals surface area contributed by atoms with Gasteiger partial charge in [0.25, 0.3) is 5.69 Å². The van der Waals surface area contributed by atoms with Crippen molar-refractivity contribution < 1.29 is 9.66 Å². The fraction of sp³-hybridized carbons (Fsp3) is 0.400. The maximum Gasteiger partial charge on any atom is 0.292 e. The third kappa shape index (κ3) is 5.10. The van der Waals surface area contributed by atoms with E-state index in [0.29, 0.717) is 30.9 Å². The molecule has 3 rings (SSSR count). The lowest BCUT2D eigenvalue weighted by molar-refractivity contribution is -0.383. The Morgan fingerprint density at radius 1 is 1.19 bits per heavy atom. The molecule has 1 aliphatic rings. The first-order chi connectivity index (χ1) is 13.0. The third-order valence-corrected chi connectivity index (χ3v) is 4.53. The highest BCUT2D eigenvalue weighted by molar-refractivity contribution is 5.69. The molecular weight excluding hydrogens is 344 g/mol. The van der Waals surface area contributed by atoms with Crippen molar-refractivity contribution in [2.24, 2.45) is 0 Å². The van der Waals surface area contributed by atoms with E-state index >= 15 is 0 Å². The van der Waals surface area contributed by atoms with E-state index in [1.54, 1.807) is 6.07 Å². The van der Waals surface area contributed by atoms with E-state index in [0.717, 1.165) is 24.5 Å². The van der Waals surface area contributed by atoms with Crippen molar-refractivity contribution in [1.82, 2.24) is 5.32 Å². The van der Waals surface area contributed by atoms with Gasteiger partial charge in [0, 0.05) is 43.5 Å². The molecule has 0 spiro atoms. The van der Waals surface area contributed by atoms with Crippen molar-refractivity contribution in [3.8, 4) is 5.75 Å². The van der Waals surface area contributed by atoms with Gasteiger partial charge in [0.1, 0.15) is 18.0 Å². The standard InChI is InChI=1S/C20H26N4O3/c1-15-13-23(14-16(2)22-15)17-8-9-20(24(25)26)19(12-17)21-10-11-27-18-6-4-3-5-7-18/h3-9,12,15-16,21-22H,10-11,13-14H2,1-2H3/t15-,16+. The summed E-state index contributed by atoms with van der Waals surface area (Å²) in [7, 11) is 0. The predicted molar refractivity (Wildman–Crippen MR) is 108 cm³/mol. The minimum atomic E-state index is -0.354. The zero-order valence-electron chi connectivity index (χ0n) is 15.7. The van der Waals surface area contributed by atoms with Crippen LogP contribution in [0.25, 0.3) is 0 Å². The Kier molecular flexibility index (Phi) is 6.13. The molecule has 2 atom stereocenters. The number of para-hydroxylation sites is 1. The van der Waals surface area contributed by atoms with E-state index in [9.17, 15) is 10.1 Å². The number of anilines is 2. The molecule has 0 saturated carbocycles. The van der Waals surface area contributed by atoms with Gasteiger partial charge in [-0.1, -0.05) is 18.2 Å². The van der Waals surface area contributed by atoms with Crippen LogP contribution in [0.15, 0.2) is 48.5 Å². The number of hydrogen-bond acceptors (Lipinski definition) is 6. The van der Waals surface area contributed by atoms with E-state index in [1.165, 1.54) is 0 Å². The Hall–Kier alpha value is -2.80. The fourth-order valence-electron chi connectivity index (χ4n) is 3.43. The zero-order valence-corrected chi connectivity index (χ0v) is 15.7. The molecule has 2 aromatic rings. The molecule has 144 valence electrons. The second-order valence-electron chi connectivity index (χ2n) is 6.92. The number of nitrogens with one attached hydrogen (secondary N) is 2. The number of rotatable bonds is 7. The van der Waals surface area contributed by atoms with E-state index in [1.807, 2.05) is 42.5 Å². The van der Waals surface area contributed by atoms with Gasteiger partial charge in [0.15, 0.2) is 0 Å². The summed E-state index contributed by atoms with van der Waals surface area (Å²) >= 11 is 0. The molecule has 27 heavy (non-hydrogen) atoms. The van der Waals surface area contributed by atoms with Crippen LogP contribution in [-0.4, -0.2) is 43.2 Å². The smallest absolute Gasteiger partial charge is 0.292 e. The SMILES string of the molecule is C[C@@H]1CN(c2ccc([N+](=O)[O-])c(NCCOc3ccccc3)c2)C[C@H](C)N1. The lowest BCUT2D eigenvalue weighted by Crippen LogP contribution is -2.54. The molecule has 0 aliphatic carbocycles. The Morgan fingerprint density at radius 2 is 1.89 bits per heavy atom. The number of piperazine rings is 1. The van der Waals surface area contributed by atoms with Gasteiger partial charge >= 0.3 is 0 Å². The second kappa shape index (κ2) is 8.73. The largest absolute Gasteiger partial charge is 0.492 e. The normalized spacial score (nSPS) is 19.6. The van der Waals surface area contributed by atoms with Crippen molar-refractivity contribution in [1.29, 1.82) is 0 Å². The highest BCUT2D eigenvalue weighted by Crippen LogP contribution is 2.30. The number of benzene rings is 2. The molecule has 1 fully saturated rings. The van der Waals surface area contributed by atoms with Gasteiger partial charge in [-0.2, -0.15) is 0 Å². The van der Waals surface area contributed by atoms with Gasteiger partial charge in [0.05, 0.1) is 4.92 Å². The summed E-state index contributed by atoms with van der Waals surface area (Å²) in [4.78, 5) is 13.3. The van der Waals surface area contributed by atoms with Gasteiger partial charge in [0.2, 0.25) is 0 Å². The summed E-state index contributed by atoms with van der Waals surface area (Å²) in [6, 6.07) is 15.5. The van der Waals surface area contributed by atoms with Crippen LogP contribution in [0.3, 0.4) is 0 Å². The fourth-order valence-corrected chi connectivity index (χ4v) is 3.43. The molecule has 0 amide bonds. The summed E-state index contributed by atoms with van der Waals surface area (Å²) in [5.41, 5.74) is 1.59. The van der Waals surface area contributed by atoms with Gasteiger partial charge in [-0.15, -0.1) is 0 Å². The first-order valence-electron chi connectivity index (χ1n) is 9.24. The number of nitrogens with zero attached hydrogens (tertiary/aromatic N) is 2. The van der Waals surface area contributed by atoms with E-state index in [4.69, 9.17) is 4.74 Å². The van der Waals surface area contributed by atoms with Gasteiger partial charge < -0.3 is 20.3 Å². The average molecular weight is 370 g/mol. The van der Waals surface area contributed by atoms with Crippen LogP contribution < -0.4 is 20.3 Å². The summed E-state index contributed by atoms with van der Waals surface area (Å²) < 4.78 is 5.65. The Morgan fingerprint density at radius 3 is 2.56 bits per heavy atom. The van der Waals surface area contributed by atoms with Crippen LogP contribution in [0.4, 0.5) is 17.1 Å². The molecule has 0 unspecified atom stereocenters. The molecular formula is C20H26N4O3. The Balaban J connectivity index is 1.67. The highest BCUT2D eigenvalue weighted by atomic mass is 16.6. The lowest BCUT2D eigenvalue weighted by atomic mass is 10.1. The number of hydrogen-bond donors (Lipinski definition) is 2. The van der Waals surface area contributed by atoms with Crippen molar-refractivity contribution in [3.05, 3.63) is 58.6 Å². The minimum Gasteiger partial charge on any atom is -0.492 e. The predicted octanol–water partition coefficient (Wildman–Crippen LogP) is 3.27. The zero-order chi connectivity index (χ0) is 19.2.